The van der Waals surface area contributed by atoms with Gasteiger partial charge in [0.15, 0.2) is 0 Å². The van der Waals surface area contributed by atoms with Gasteiger partial charge in [-0.15, -0.1) is 0 Å². The van der Waals surface area contributed by atoms with Gasteiger partial charge >= 0.3 is 0 Å². The van der Waals surface area contributed by atoms with Gasteiger partial charge in [-0.2, -0.15) is 5.26 Å². The third-order valence-corrected chi connectivity index (χ3v) is 5.25. The molecule has 0 radical (unpaired) electrons. The molecule has 0 spiro atoms. The van der Waals surface area contributed by atoms with E-state index in [1.54, 1.807) is 0 Å². The molecule has 1 aliphatic carbocycles. The van der Waals surface area contributed by atoms with Crippen LogP contribution < -0.4 is 10.6 Å². The van der Waals surface area contributed by atoms with Crippen LogP contribution in [-0.2, 0) is 0 Å². The quantitative estimate of drug-likeness (QED) is 0.848. The van der Waals surface area contributed by atoms with Crippen molar-refractivity contribution in [3.05, 3.63) is 54.6 Å². The molecule has 124 valence electrons. The largest absolute Gasteiger partial charge is 0.382 e. The molecule has 0 saturated heterocycles. The summed E-state index contributed by atoms with van der Waals surface area (Å²) in [6.07, 6.45) is 4.90. The van der Waals surface area contributed by atoms with Crippen molar-refractivity contribution >= 4 is 5.69 Å². The molecule has 0 heterocycles. The highest BCUT2D eigenvalue weighted by atomic mass is 15.0. The van der Waals surface area contributed by atoms with Crippen LogP contribution in [0.2, 0.25) is 0 Å². The first kappa shape index (κ1) is 16.5. The highest BCUT2D eigenvalue weighted by Gasteiger charge is 2.33. The maximum absolute atomic E-state index is 9.03. The Balaban J connectivity index is 1.59. The molecule has 1 aliphatic rings. The van der Waals surface area contributed by atoms with Crippen LogP contribution in [0.4, 0.5) is 5.69 Å². The number of benzene rings is 2. The zero-order chi connectivity index (χ0) is 16.8. The molecule has 0 unspecified atom stereocenters. The third-order valence-electron chi connectivity index (χ3n) is 5.25. The van der Waals surface area contributed by atoms with E-state index in [0.29, 0.717) is 12.5 Å². The van der Waals surface area contributed by atoms with Crippen LogP contribution in [0.5, 0.6) is 0 Å². The highest BCUT2D eigenvalue weighted by molar-refractivity contribution is 5.65. The zero-order valence-electron chi connectivity index (χ0n) is 14.3. The van der Waals surface area contributed by atoms with Crippen molar-refractivity contribution in [1.82, 2.24) is 5.32 Å². The summed E-state index contributed by atoms with van der Waals surface area (Å²) in [7, 11) is 1.98. The lowest BCUT2D eigenvalue weighted by Gasteiger charge is -2.39. The first-order chi connectivity index (χ1) is 11.7. The van der Waals surface area contributed by atoms with E-state index in [1.807, 2.05) is 13.1 Å². The second kappa shape index (κ2) is 7.51. The van der Waals surface area contributed by atoms with Gasteiger partial charge in [-0.05, 0) is 56.0 Å². The van der Waals surface area contributed by atoms with Crippen molar-refractivity contribution in [2.45, 2.75) is 43.7 Å². The summed E-state index contributed by atoms with van der Waals surface area (Å²) in [5.41, 5.74) is 3.69. The van der Waals surface area contributed by atoms with Gasteiger partial charge in [0, 0.05) is 17.3 Å². The fraction of sp³-hybridized carbons (Fsp3) is 0.381. The Kier molecular flexibility index (Phi) is 5.17. The van der Waals surface area contributed by atoms with E-state index in [-0.39, 0.29) is 5.54 Å². The molecule has 3 heteroatoms. The smallest absolute Gasteiger partial charge is 0.0641 e. The summed E-state index contributed by atoms with van der Waals surface area (Å²) in [5.74, 6) is 0. The first-order valence-corrected chi connectivity index (χ1v) is 8.73. The van der Waals surface area contributed by atoms with Crippen LogP contribution in [0.1, 0.15) is 32.1 Å². The van der Waals surface area contributed by atoms with E-state index in [4.69, 9.17) is 5.26 Å². The molecule has 2 N–H and O–H groups in total. The fourth-order valence-corrected chi connectivity index (χ4v) is 3.61. The summed E-state index contributed by atoms with van der Waals surface area (Å²) in [4.78, 5) is 0. The minimum atomic E-state index is 0.0180. The number of nitrogens with one attached hydrogen (secondary N) is 2. The lowest BCUT2D eigenvalue weighted by molar-refractivity contribution is 0.240. The van der Waals surface area contributed by atoms with E-state index in [2.05, 4.69) is 65.2 Å². The molecule has 2 aromatic carbocycles. The molecule has 3 nitrogen and oxygen atoms in total. The van der Waals surface area contributed by atoms with Gasteiger partial charge < -0.3 is 10.6 Å². The maximum Gasteiger partial charge on any atom is 0.0641 e. The van der Waals surface area contributed by atoms with Gasteiger partial charge in [-0.25, -0.2) is 0 Å². The molecule has 0 atom stereocenters. The minimum Gasteiger partial charge on any atom is -0.382 e. The summed E-state index contributed by atoms with van der Waals surface area (Å²) >= 11 is 0. The van der Waals surface area contributed by atoms with Gasteiger partial charge in [-0.3, -0.25) is 0 Å². The summed E-state index contributed by atoms with van der Waals surface area (Å²) < 4.78 is 0. The molecule has 3 rings (SSSR count). The van der Waals surface area contributed by atoms with E-state index >= 15 is 0 Å². The Labute approximate surface area is 144 Å². The lowest BCUT2D eigenvalue weighted by Crippen LogP contribution is -2.47. The predicted molar refractivity (Wildman–Crippen MR) is 99.8 cm³/mol. The molecule has 1 saturated carbocycles. The minimum absolute atomic E-state index is 0.0180. The topological polar surface area (TPSA) is 47.9 Å². The summed E-state index contributed by atoms with van der Waals surface area (Å²) in [6.45, 7) is 0. The highest BCUT2D eigenvalue weighted by Crippen LogP contribution is 2.32. The maximum atomic E-state index is 9.03. The van der Waals surface area contributed by atoms with Gasteiger partial charge in [0.25, 0.3) is 0 Å². The average molecular weight is 319 g/mol. The van der Waals surface area contributed by atoms with Crippen LogP contribution in [-0.4, -0.2) is 18.6 Å². The van der Waals surface area contributed by atoms with Gasteiger partial charge in [0.2, 0.25) is 0 Å². The molecule has 0 amide bonds. The Hall–Kier alpha value is -2.31. The van der Waals surface area contributed by atoms with Crippen molar-refractivity contribution in [3.8, 4) is 17.2 Å². The van der Waals surface area contributed by atoms with Crippen molar-refractivity contribution in [1.29, 1.82) is 5.26 Å². The SMILES string of the molecule is CNC1(CC#N)CCC(Nc2ccc(-c3ccccc3)cc2)CC1. The standard InChI is InChI=1S/C21H25N3/c1-23-21(15-16-22)13-11-20(12-14-21)24-19-9-7-18(8-10-19)17-5-3-2-4-6-17/h2-10,20,23-24H,11-15H2,1H3. The lowest BCUT2D eigenvalue weighted by atomic mass is 9.77. The molecular formula is C21H25N3. The van der Waals surface area contributed by atoms with E-state index in [1.165, 1.54) is 16.8 Å². The third kappa shape index (κ3) is 3.77. The van der Waals surface area contributed by atoms with Gasteiger partial charge in [0.1, 0.15) is 0 Å². The molecular weight excluding hydrogens is 294 g/mol. The van der Waals surface area contributed by atoms with Crippen molar-refractivity contribution in [3.63, 3.8) is 0 Å². The van der Waals surface area contributed by atoms with Crippen molar-refractivity contribution in [2.75, 3.05) is 12.4 Å². The van der Waals surface area contributed by atoms with Crippen LogP contribution in [0.3, 0.4) is 0 Å². The Bertz CT molecular complexity index is 677. The number of anilines is 1. The van der Waals surface area contributed by atoms with E-state index in [0.717, 1.165) is 25.7 Å². The van der Waals surface area contributed by atoms with Gasteiger partial charge in [0.05, 0.1) is 12.5 Å². The summed E-state index contributed by atoms with van der Waals surface area (Å²) in [6, 6.07) is 22.0. The van der Waals surface area contributed by atoms with Crippen molar-refractivity contribution < 1.29 is 0 Å². The number of hydrogen-bond donors (Lipinski definition) is 2. The predicted octanol–water partition coefficient (Wildman–Crippen LogP) is 4.58. The molecule has 0 aliphatic heterocycles. The second-order valence-corrected chi connectivity index (χ2v) is 6.73. The Morgan fingerprint density at radius 2 is 1.62 bits per heavy atom. The number of rotatable bonds is 5. The first-order valence-electron chi connectivity index (χ1n) is 8.73. The fourth-order valence-electron chi connectivity index (χ4n) is 3.61. The number of hydrogen-bond acceptors (Lipinski definition) is 3. The monoisotopic (exact) mass is 319 g/mol. The Morgan fingerprint density at radius 1 is 1.00 bits per heavy atom. The van der Waals surface area contributed by atoms with Crippen LogP contribution in [0.15, 0.2) is 54.6 Å². The van der Waals surface area contributed by atoms with Crippen molar-refractivity contribution in [2.24, 2.45) is 0 Å². The normalized spacial score (nSPS) is 23.4. The Morgan fingerprint density at radius 3 is 2.21 bits per heavy atom. The zero-order valence-corrected chi connectivity index (χ0v) is 14.3. The molecule has 24 heavy (non-hydrogen) atoms. The number of nitriles is 1. The van der Waals surface area contributed by atoms with E-state index in [9.17, 15) is 0 Å². The molecule has 0 bridgehead atoms. The molecule has 2 aromatic rings. The van der Waals surface area contributed by atoms with Crippen LogP contribution in [0.25, 0.3) is 11.1 Å². The van der Waals surface area contributed by atoms with Crippen LogP contribution >= 0.6 is 0 Å². The van der Waals surface area contributed by atoms with Gasteiger partial charge in [-0.1, -0.05) is 42.5 Å². The van der Waals surface area contributed by atoms with Crippen LogP contribution in [0, 0.1) is 11.3 Å². The average Bonchev–Trinajstić information content (AvgIpc) is 2.65. The van der Waals surface area contributed by atoms with E-state index < -0.39 is 0 Å². The summed E-state index contributed by atoms with van der Waals surface area (Å²) in [5, 5.41) is 16.1. The second-order valence-electron chi connectivity index (χ2n) is 6.73. The molecule has 0 aromatic heterocycles. The number of nitrogens with zero attached hydrogens (tertiary/aromatic N) is 1. The molecule has 1 fully saturated rings.